The van der Waals surface area contributed by atoms with Gasteiger partial charge in [-0.15, -0.1) is 0 Å². The second-order valence-corrected chi connectivity index (χ2v) is 12.7. The molecule has 0 amide bonds. The molecular formula is C21H26F2N10O10P2. The van der Waals surface area contributed by atoms with E-state index in [1.165, 1.54) is 7.05 Å². The van der Waals surface area contributed by atoms with Crippen molar-refractivity contribution in [2.75, 3.05) is 31.3 Å². The zero-order valence-electron chi connectivity index (χ0n) is 23.0. The van der Waals surface area contributed by atoms with Crippen LogP contribution in [0.1, 0.15) is 18.1 Å². The van der Waals surface area contributed by atoms with Crippen molar-refractivity contribution in [3.05, 3.63) is 24.7 Å². The van der Waals surface area contributed by atoms with Gasteiger partial charge < -0.3 is 30.3 Å². The predicted octanol–water partition coefficient (Wildman–Crippen LogP) is 0.862. The van der Waals surface area contributed by atoms with Gasteiger partial charge in [0, 0.05) is 7.05 Å². The highest BCUT2D eigenvalue weighted by Crippen LogP contribution is 2.54. The molecule has 10 atom stereocenters. The third-order valence-corrected chi connectivity index (χ3v) is 9.17. The lowest BCUT2D eigenvalue weighted by Crippen LogP contribution is -2.37. The van der Waals surface area contributed by atoms with Gasteiger partial charge in [0.05, 0.1) is 25.9 Å². The lowest BCUT2D eigenvalue weighted by atomic mass is 10.1. The number of fused-ring (bicyclic) bond motifs is 3. The van der Waals surface area contributed by atoms with E-state index in [2.05, 4.69) is 37.0 Å². The smallest absolute Gasteiger partial charge is 0.382 e. The molecule has 3 fully saturated rings. The van der Waals surface area contributed by atoms with Gasteiger partial charge >= 0.3 is 15.6 Å². The number of hydrogen-bond acceptors (Lipinski definition) is 15. The third kappa shape index (κ3) is 5.78. The zero-order chi connectivity index (χ0) is 32.3. The van der Waals surface area contributed by atoms with Crippen LogP contribution in [0.25, 0.3) is 11.2 Å². The molecule has 3 aliphatic rings. The van der Waals surface area contributed by atoms with E-state index < -0.39 is 78.1 Å². The number of aliphatic imine (C=N–C) groups is 1. The van der Waals surface area contributed by atoms with Crippen molar-refractivity contribution < 1.29 is 55.3 Å². The van der Waals surface area contributed by atoms with Crippen LogP contribution >= 0.6 is 15.6 Å². The second-order valence-electron chi connectivity index (χ2n) is 9.88. The number of nitrogens with zero attached hydrogens (tertiary/aromatic N) is 7. The minimum atomic E-state index is -5.14. The molecule has 3 aromatic rings. The minimum absolute atomic E-state index is 0.00469. The van der Waals surface area contributed by atoms with Crippen molar-refractivity contribution >= 4 is 51.0 Å². The summed E-state index contributed by atoms with van der Waals surface area (Å²) >= 11 is 0. The summed E-state index contributed by atoms with van der Waals surface area (Å²) in [6.45, 7) is 1.43. The third-order valence-electron chi connectivity index (χ3n) is 7.20. The van der Waals surface area contributed by atoms with Gasteiger partial charge in [-0.2, -0.15) is 0 Å². The van der Waals surface area contributed by atoms with Gasteiger partial charge in [0.2, 0.25) is 0 Å². The topological polar surface area (TPSA) is 266 Å². The van der Waals surface area contributed by atoms with Gasteiger partial charge in [0.15, 0.2) is 42.1 Å². The maximum Gasteiger partial charge on any atom is 0.472 e. The number of ether oxygens (including phenoxy) is 2. The standard InChI is InChI=1S/C21H26F2N10O10P2/c1-26-16(24)12-18(27-2)32(6-30-12)20-10(22)14-8(40-20)3-38-45(36,37)43-15-9(4-39-44(34,35)42-14)41-21(11(15)23)33-7-31-13-17(25)28-5-29-19(13)33/h5-11,14-15,20-21,24,27H,1,3-4H2,2H3,(H,34,35)(H,36,37)(H2,25,28,29)/t8-,9-,10-,11-,14-,15-,20-,21-/m1/s1. The van der Waals surface area contributed by atoms with Crippen molar-refractivity contribution in [3.8, 4) is 0 Å². The summed E-state index contributed by atoms with van der Waals surface area (Å²) in [5, 5.41) is 10.6. The van der Waals surface area contributed by atoms with Gasteiger partial charge in [0.25, 0.3) is 0 Å². The molecule has 0 aromatic carbocycles. The molecule has 0 radical (unpaired) electrons. The van der Waals surface area contributed by atoms with E-state index in [4.69, 9.17) is 38.7 Å². The molecular weight excluding hydrogens is 652 g/mol. The highest BCUT2D eigenvalue weighted by Gasteiger charge is 2.55. The van der Waals surface area contributed by atoms with Crippen LogP contribution in [-0.4, -0.2) is 108 Å². The highest BCUT2D eigenvalue weighted by molar-refractivity contribution is 7.47. The number of alkyl halides is 2. The summed E-state index contributed by atoms with van der Waals surface area (Å²) in [7, 11) is -8.83. The molecule has 0 saturated carbocycles. The number of amidine groups is 1. The number of rotatable bonds is 4. The summed E-state index contributed by atoms with van der Waals surface area (Å²) in [6.07, 6.45) is -11.2. The average Bonchev–Trinajstić information content (AvgIpc) is 3.75. The van der Waals surface area contributed by atoms with E-state index in [1.54, 1.807) is 0 Å². The molecule has 45 heavy (non-hydrogen) atoms. The molecule has 2 unspecified atom stereocenters. The fourth-order valence-electron chi connectivity index (χ4n) is 5.17. The molecule has 6 rings (SSSR count). The Morgan fingerprint density at radius 1 is 1.02 bits per heavy atom. The van der Waals surface area contributed by atoms with Crippen LogP contribution in [-0.2, 0) is 36.7 Å². The van der Waals surface area contributed by atoms with Crippen LogP contribution < -0.4 is 11.1 Å². The van der Waals surface area contributed by atoms with Crippen molar-refractivity contribution in [2.24, 2.45) is 4.99 Å². The van der Waals surface area contributed by atoms with Crippen LogP contribution in [0.4, 0.5) is 20.4 Å². The van der Waals surface area contributed by atoms with E-state index in [-0.39, 0.29) is 34.3 Å². The first-order valence-corrected chi connectivity index (χ1v) is 16.0. The number of nitrogens with one attached hydrogen (secondary N) is 2. The number of phosphoric acid groups is 2. The van der Waals surface area contributed by atoms with E-state index in [0.29, 0.717) is 0 Å². The van der Waals surface area contributed by atoms with Crippen molar-refractivity contribution in [1.82, 2.24) is 29.1 Å². The maximum atomic E-state index is 15.9. The lowest BCUT2D eigenvalue weighted by Gasteiger charge is -2.27. The molecule has 20 nitrogen and oxygen atoms in total. The molecule has 6 N–H and O–H groups in total. The molecule has 3 saturated heterocycles. The van der Waals surface area contributed by atoms with Crippen molar-refractivity contribution in [2.45, 2.75) is 49.2 Å². The summed E-state index contributed by atoms with van der Waals surface area (Å²) in [6, 6.07) is 0. The van der Waals surface area contributed by atoms with Gasteiger partial charge in [-0.05, 0) is 6.72 Å². The van der Waals surface area contributed by atoms with Crippen LogP contribution in [0.2, 0.25) is 0 Å². The van der Waals surface area contributed by atoms with Crippen LogP contribution in [0.15, 0.2) is 24.0 Å². The SMILES string of the molecule is C=NC(=N)c1ncn([C@@H]2O[C@@H]3COP(=O)(O)O[C@H]4[C@@H](F)[C@H](n5cnc6c(N)ncnc65)O[C@@H]4COP(=O)(O)O[C@H]3[C@H]2F)c1NC. The summed E-state index contributed by atoms with van der Waals surface area (Å²) in [5.41, 5.74) is 5.96. The number of halogens is 2. The number of imidazole rings is 2. The molecule has 0 aliphatic carbocycles. The average molecular weight is 678 g/mol. The first-order valence-electron chi connectivity index (χ1n) is 13.0. The van der Waals surface area contributed by atoms with E-state index in [9.17, 15) is 18.9 Å². The maximum absolute atomic E-state index is 15.9. The van der Waals surface area contributed by atoms with E-state index >= 15 is 8.78 Å². The second kappa shape index (κ2) is 11.8. The van der Waals surface area contributed by atoms with Crippen molar-refractivity contribution in [3.63, 3.8) is 0 Å². The molecule has 3 aliphatic heterocycles. The Morgan fingerprint density at radius 3 is 2.13 bits per heavy atom. The number of nitrogen functional groups attached to an aromatic ring is 1. The predicted molar refractivity (Wildman–Crippen MR) is 147 cm³/mol. The number of phosphoric ester groups is 2. The Morgan fingerprint density at radius 2 is 1.58 bits per heavy atom. The summed E-state index contributed by atoms with van der Waals surface area (Å²) in [5.74, 6) is -0.273. The number of hydrogen-bond donors (Lipinski definition) is 5. The normalized spacial score (nSPS) is 37.4. The Bertz CT molecular complexity index is 1730. The Hall–Kier alpha value is -3.30. The number of nitrogens with two attached hydrogens (primary N) is 1. The molecule has 24 heteroatoms. The molecule has 6 heterocycles. The van der Waals surface area contributed by atoms with Gasteiger partial charge in [-0.1, -0.05) is 0 Å². The Balaban J connectivity index is 1.27. The van der Waals surface area contributed by atoms with Gasteiger partial charge in [-0.25, -0.2) is 42.8 Å². The zero-order valence-corrected chi connectivity index (χ0v) is 24.8. The van der Waals surface area contributed by atoms with Crippen molar-refractivity contribution in [1.29, 1.82) is 5.41 Å². The monoisotopic (exact) mass is 678 g/mol. The summed E-state index contributed by atoms with van der Waals surface area (Å²) in [4.78, 5) is 40.4. The van der Waals surface area contributed by atoms with Crippen LogP contribution in [0.5, 0.6) is 0 Å². The number of aromatic nitrogens is 6. The minimum Gasteiger partial charge on any atom is -0.382 e. The Labute approximate surface area is 251 Å². The Kier molecular flexibility index (Phi) is 8.31. The molecule has 0 bridgehead atoms. The number of anilines is 2. The highest BCUT2D eigenvalue weighted by atomic mass is 31.2. The van der Waals surface area contributed by atoms with Gasteiger partial charge in [0.1, 0.15) is 47.8 Å². The quantitative estimate of drug-likeness (QED) is 0.145. The molecule has 244 valence electrons. The summed E-state index contributed by atoms with van der Waals surface area (Å²) < 4.78 is 91.7. The lowest BCUT2D eigenvalue weighted by molar-refractivity contribution is -0.0664. The van der Waals surface area contributed by atoms with E-state index in [0.717, 1.165) is 28.1 Å². The first-order chi connectivity index (χ1) is 21.3. The first kappa shape index (κ1) is 31.7. The molecule has 3 aromatic heterocycles. The van der Waals surface area contributed by atoms with E-state index in [1.807, 2.05) is 0 Å². The fourth-order valence-corrected chi connectivity index (χ4v) is 7.08. The largest absolute Gasteiger partial charge is 0.472 e. The van der Waals surface area contributed by atoms with Gasteiger partial charge in [-0.3, -0.25) is 32.6 Å². The molecule has 0 spiro atoms. The fraction of sp³-hybridized carbons (Fsp3) is 0.524. The van der Waals surface area contributed by atoms with Crippen LogP contribution in [0.3, 0.4) is 0 Å². The van der Waals surface area contributed by atoms with Crippen LogP contribution in [0, 0.1) is 5.41 Å².